The van der Waals surface area contributed by atoms with E-state index < -0.39 is 0 Å². The minimum Gasteiger partial charge on any atom is -0.379 e. The molecule has 138 valence electrons. The molecule has 0 spiro atoms. The summed E-state index contributed by atoms with van der Waals surface area (Å²) in [7, 11) is 0. The number of benzene rings is 1. The van der Waals surface area contributed by atoms with Gasteiger partial charge < -0.3 is 15.4 Å². The van der Waals surface area contributed by atoms with Crippen LogP contribution in [0.1, 0.15) is 44.6 Å². The zero-order valence-corrected chi connectivity index (χ0v) is 15.4. The maximum Gasteiger partial charge on any atom is 0.226 e. The quantitative estimate of drug-likeness (QED) is 0.798. The molecule has 1 aliphatic heterocycles. The molecule has 2 aliphatic rings. The Balaban J connectivity index is 1.66. The van der Waals surface area contributed by atoms with E-state index in [0.29, 0.717) is 6.42 Å². The SMILES string of the molecule is CCNCc1ccccc1NC(=O)CC1(N2CCOCC2)CCCC1. The predicted molar refractivity (Wildman–Crippen MR) is 101 cm³/mol. The first kappa shape index (κ1) is 18.4. The zero-order chi connectivity index (χ0) is 17.5. The number of nitrogens with zero attached hydrogens (tertiary/aromatic N) is 1. The lowest BCUT2D eigenvalue weighted by molar-refractivity contribution is -0.120. The van der Waals surface area contributed by atoms with E-state index in [1.165, 1.54) is 12.8 Å². The largest absolute Gasteiger partial charge is 0.379 e. The molecular formula is C20H31N3O2. The summed E-state index contributed by atoms with van der Waals surface area (Å²) < 4.78 is 5.51. The monoisotopic (exact) mass is 345 g/mol. The second-order valence-electron chi connectivity index (χ2n) is 7.19. The predicted octanol–water partition coefficient (Wildman–Crippen LogP) is 2.77. The van der Waals surface area contributed by atoms with Crippen LogP contribution in [0.5, 0.6) is 0 Å². The lowest BCUT2D eigenvalue weighted by Gasteiger charge is -2.43. The molecule has 1 heterocycles. The first-order valence-corrected chi connectivity index (χ1v) is 9.65. The van der Waals surface area contributed by atoms with Gasteiger partial charge in [-0.2, -0.15) is 0 Å². The number of amides is 1. The van der Waals surface area contributed by atoms with Crippen LogP contribution in [-0.4, -0.2) is 49.2 Å². The fourth-order valence-electron chi connectivity index (χ4n) is 4.22. The van der Waals surface area contributed by atoms with Crippen LogP contribution in [0, 0.1) is 0 Å². The molecule has 2 N–H and O–H groups in total. The highest BCUT2D eigenvalue weighted by Gasteiger charge is 2.41. The Morgan fingerprint density at radius 2 is 1.92 bits per heavy atom. The molecule has 2 fully saturated rings. The number of anilines is 1. The fraction of sp³-hybridized carbons (Fsp3) is 0.650. The third-order valence-electron chi connectivity index (χ3n) is 5.56. The van der Waals surface area contributed by atoms with E-state index in [1.54, 1.807) is 0 Å². The summed E-state index contributed by atoms with van der Waals surface area (Å²) >= 11 is 0. The number of morpholine rings is 1. The van der Waals surface area contributed by atoms with Crippen molar-refractivity contribution in [1.82, 2.24) is 10.2 Å². The van der Waals surface area contributed by atoms with Gasteiger partial charge in [-0.1, -0.05) is 38.0 Å². The number of nitrogens with one attached hydrogen (secondary N) is 2. The summed E-state index contributed by atoms with van der Waals surface area (Å²) in [5.74, 6) is 0.136. The molecule has 0 aromatic heterocycles. The molecule has 5 heteroatoms. The van der Waals surface area contributed by atoms with E-state index in [0.717, 1.165) is 63.5 Å². The maximum absolute atomic E-state index is 12.9. The van der Waals surface area contributed by atoms with Gasteiger partial charge in [0, 0.05) is 37.3 Å². The molecule has 0 atom stereocenters. The topological polar surface area (TPSA) is 53.6 Å². The van der Waals surface area contributed by atoms with Crippen LogP contribution in [0.3, 0.4) is 0 Å². The van der Waals surface area contributed by atoms with Gasteiger partial charge in [-0.05, 0) is 31.0 Å². The first-order valence-electron chi connectivity index (χ1n) is 9.65. The number of hydrogen-bond donors (Lipinski definition) is 2. The second kappa shape index (κ2) is 8.79. The molecule has 1 aromatic carbocycles. The molecule has 1 amide bonds. The molecule has 3 rings (SSSR count). The van der Waals surface area contributed by atoms with Gasteiger partial charge in [0.1, 0.15) is 0 Å². The Kier molecular flexibility index (Phi) is 6.45. The summed E-state index contributed by atoms with van der Waals surface area (Å²) in [6.07, 6.45) is 5.28. The summed E-state index contributed by atoms with van der Waals surface area (Å²) in [5.41, 5.74) is 2.11. The van der Waals surface area contributed by atoms with E-state index >= 15 is 0 Å². The Morgan fingerprint density at radius 1 is 1.20 bits per heavy atom. The van der Waals surface area contributed by atoms with Crippen LogP contribution in [0.2, 0.25) is 0 Å². The van der Waals surface area contributed by atoms with E-state index in [1.807, 2.05) is 18.2 Å². The number of carbonyl (C=O) groups is 1. The molecule has 0 unspecified atom stereocenters. The van der Waals surface area contributed by atoms with Crippen LogP contribution in [0.15, 0.2) is 24.3 Å². The van der Waals surface area contributed by atoms with Gasteiger partial charge >= 0.3 is 0 Å². The van der Waals surface area contributed by atoms with Gasteiger partial charge in [0.15, 0.2) is 0 Å². The molecule has 0 radical (unpaired) electrons. The fourth-order valence-corrected chi connectivity index (χ4v) is 4.22. The summed E-state index contributed by atoms with van der Waals surface area (Å²) in [6, 6.07) is 8.08. The van der Waals surface area contributed by atoms with Crippen molar-refractivity contribution in [3.8, 4) is 0 Å². The summed E-state index contributed by atoms with van der Waals surface area (Å²) in [5, 5.41) is 6.51. The maximum atomic E-state index is 12.9. The summed E-state index contributed by atoms with van der Waals surface area (Å²) in [6.45, 7) is 7.26. The van der Waals surface area contributed by atoms with E-state index in [2.05, 4.69) is 28.5 Å². The van der Waals surface area contributed by atoms with Crippen molar-refractivity contribution in [1.29, 1.82) is 0 Å². The lowest BCUT2D eigenvalue weighted by atomic mass is 9.90. The van der Waals surface area contributed by atoms with Crippen molar-refractivity contribution in [3.63, 3.8) is 0 Å². The molecule has 1 aliphatic carbocycles. The Bertz CT molecular complexity index is 564. The number of rotatable bonds is 7. The van der Waals surface area contributed by atoms with Crippen molar-refractivity contribution in [2.75, 3.05) is 38.2 Å². The van der Waals surface area contributed by atoms with Crippen molar-refractivity contribution in [2.45, 2.75) is 51.1 Å². The van der Waals surface area contributed by atoms with E-state index in [9.17, 15) is 4.79 Å². The molecule has 0 bridgehead atoms. The Hall–Kier alpha value is -1.43. The van der Waals surface area contributed by atoms with Crippen LogP contribution < -0.4 is 10.6 Å². The number of para-hydroxylation sites is 1. The molecule has 1 saturated carbocycles. The standard InChI is InChI=1S/C20H31N3O2/c1-2-21-16-17-7-3-4-8-18(17)22-19(24)15-20(9-5-6-10-20)23-11-13-25-14-12-23/h3-4,7-8,21H,2,5-6,9-16H2,1H3,(H,22,24). The zero-order valence-electron chi connectivity index (χ0n) is 15.4. The van der Waals surface area contributed by atoms with Gasteiger partial charge in [0.25, 0.3) is 0 Å². The molecular weight excluding hydrogens is 314 g/mol. The van der Waals surface area contributed by atoms with Gasteiger partial charge in [-0.3, -0.25) is 9.69 Å². The highest BCUT2D eigenvalue weighted by atomic mass is 16.5. The van der Waals surface area contributed by atoms with Crippen molar-refractivity contribution >= 4 is 11.6 Å². The van der Waals surface area contributed by atoms with E-state index in [-0.39, 0.29) is 11.4 Å². The van der Waals surface area contributed by atoms with Crippen LogP contribution in [0.25, 0.3) is 0 Å². The Labute approximate surface area is 151 Å². The van der Waals surface area contributed by atoms with Gasteiger partial charge in [0.05, 0.1) is 13.2 Å². The highest BCUT2D eigenvalue weighted by Crippen LogP contribution is 2.38. The Morgan fingerprint density at radius 3 is 2.64 bits per heavy atom. The van der Waals surface area contributed by atoms with Crippen LogP contribution in [0.4, 0.5) is 5.69 Å². The van der Waals surface area contributed by atoms with Crippen LogP contribution in [-0.2, 0) is 16.1 Å². The van der Waals surface area contributed by atoms with Crippen LogP contribution >= 0.6 is 0 Å². The molecule has 1 aromatic rings. The smallest absolute Gasteiger partial charge is 0.226 e. The average molecular weight is 345 g/mol. The van der Waals surface area contributed by atoms with Crippen molar-refractivity contribution < 1.29 is 9.53 Å². The molecule has 5 nitrogen and oxygen atoms in total. The van der Waals surface area contributed by atoms with Crippen molar-refractivity contribution in [3.05, 3.63) is 29.8 Å². The number of ether oxygens (including phenoxy) is 1. The number of hydrogen-bond acceptors (Lipinski definition) is 4. The van der Waals surface area contributed by atoms with E-state index in [4.69, 9.17) is 4.74 Å². The van der Waals surface area contributed by atoms with Gasteiger partial charge in [-0.15, -0.1) is 0 Å². The normalized spacial score (nSPS) is 20.5. The first-order chi connectivity index (χ1) is 12.2. The van der Waals surface area contributed by atoms with Crippen molar-refractivity contribution in [2.24, 2.45) is 0 Å². The minimum atomic E-state index is 0.0322. The molecule has 25 heavy (non-hydrogen) atoms. The highest BCUT2D eigenvalue weighted by molar-refractivity contribution is 5.92. The third kappa shape index (κ3) is 4.60. The number of carbonyl (C=O) groups excluding carboxylic acids is 1. The third-order valence-corrected chi connectivity index (χ3v) is 5.56. The summed E-state index contributed by atoms with van der Waals surface area (Å²) in [4.78, 5) is 15.4. The minimum absolute atomic E-state index is 0.0322. The average Bonchev–Trinajstić information content (AvgIpc) is 3.11. The van der Waals surface area contributed by atoms with Gasteiger partial charge in [0.2, 0.25) is 5.91 Å². The van der Waals surface area contributed by atoms with Gasteiger partial charge in [-0.25, -0.2) is 0 Å². The molecule has 1 saturated heterocycles. The second-order valence-corrected chi connectivity index (χ2v) is 7.19. The lowest BCUT2D eigenvalue weighted by Crippen LogP contribution is -2.53.